The highest BCUT2D eigenvalue weighted by molar-refractivity contribution is 5.93. The molecule has 0 aliphatic carbocycles. The monoisotopic (exact) mass is 323 g/mol. The summed E-state index contributed by atoms with van der Waals surface area (Å²) in [5, 5.41) is 1.06. The maximum Gasteiger partial charge on any atom is 0.401 e. The van der Waals surface area contributed by atoms with Crippen LogP contribution in [0, 0.1) is 6.92 Å². The van der Waals surface area contributed by atoms with Gasteiger partial charge in [0.1, 0.15) is 0 Å². The lowest BCUT2D eigenvalue weighted by atomic mass is 10.1. The van der Waals surface area contributed by atoms with E-state index in [9.17, 15) is 13.2 Å². The Morgan fingerprint density at radius 1 is 1.22 bits per heavy atom. The summed E-state index contributed by atoms with van der Waals surface area (Å²) < 4.78 is 37.9. The van der Waals surface area contributed by atoms with Gasteiger partial charge in [0, 0.05) is 42.9 Å². The van der Waals surface area contributed by atoms with Crippen molar-refractivity contribution in [3.8, 4) is 0 Å². The smallest absolute Gasteiger partial charge is 0.368 e. The van der Waals surface area contributed by atoms with E-state index in [1.807, 2.05) is 38.1 Å². The Hall–Kier alpha value is -1.82. The third kappa shape index (κ3) is 3.42. The van der Waals surface area contributed by atoms with Gasteiger partial charge in [0.25, 0.3) is 0 Å². The molecule has 3 rings (SSSR count). The van der Waals surface area contributed by atoms with E-state index in [0.29, 0.717) is 19.6 Å². The lowest BCUT2D eigenvalue weighted by molar-refractivity contribution is -0.150. The summed E-state index contributed by atoms with van der Waals surface area (Å²) in [6.45, 7) is 4.63. The van der Waals surface area contributed by atoms with Gasteiger partial charge in [-0.3, -0.25) is 9.88 Å². The van der Waals surface area contributed by atoms with E-state index in [4.69, 9.17) is 0 Å². The standard InChI is InChI=1S/C17H20F3N3/c1-12-4-3-5-14-15(6-7-21-16(12)14)22-8-9-23(13(2)10-22)11-17(18,19)20/h3-7,13H,8-11H2,1-2H3. The molecular weight excluding hydrogens is 303 g/mol. The molecule has 0 amide bonds. The van der Waals surface area contributed by atoms with Crippen molar-refractivity contribution in [2.75, 3.05) is 31.1 Å². The van der Waals surface area contributed by atoms with E-state index in [1.165, 1.54) is 4.90 Å². The van der Waals surface area contributed by atoms with Gasteiger partial charge in [-0.15, -0.1) is 0 Å². The molecule has 0 bridgehead atoms. The first-order valence-electron chi connectivity index (χ1n) is 7.75. The average molecular weight is 323 g/mol. The number of hydrogen-bond acceptors (Lipinski definition) is 3. The normalized spacial score (nSPS) is 20.2. The van der Waals surface area contributed by atoms with E-state index in [-0.39, 0.29) is 6.04 Å². The molecule has 1 aliphatic rings. The molecule has 0 N–H and O–H groups in total. The number of rotatable bonds is 2. The molecular formula is C17H20F3N3. The largest absolute Gasteiger partial charge is 0.401 e. The molecule has 1 atom stereocenters. The first-order valence-corrected chi connectivity index (χ1v) is 7.75. The molecule has 1 saturated heterocycles. The number of piperazine rings is 1. The van der Waals surface area contributed by atoms with E-state index in [0.717, 1.165) is 22.2 Å². The molecule has 23 heavy (non-hydrogen) atoms. The first kappa shape index (κ1) is 16.1. The number of anilines is 1. The zero-order chi connectivity index (χ0) is 16.6. The van der Waals surface area contributed by atoms with Crippen LogP contribution in [-0.4, -0.2) is 48.3 Å². The van der Waals surface area contributed by atoms with Crippen molar-refractivity contribution in [1.82, 2.24) is 9.88 Å². The Morgan fingerprint density at radius 2 is 2.00 bits per heavy atom. The number of aromatic nitrogens is 1. The highest BCUT2D eigenvalue weighted by Gasteiger charge is 2.35. The molecule has 1 fully saturated rings. The number of alkyl halides is 3. The molecule has 1 aliphatic heterocycles. The number of benzene rings is 1. The number of halogens is 3. The van der Waals surface area contributed by atoms with Crippen molar-refractivity contribution in [2.45, 2.75) is 26.1 Å². The van der Waals surface area contributed by atoms with Gasteiger partial charge in [0.05, 0.1) is 12.1 Å². The summed E-state index contributed by atoms with van der Waals surface area (Å²) in [4.78, 5) is 8.11. The van der Waals surface area contributed by atoms with Crippen molar-refractivity contribution in [3.05, 3.63) is 36.0 Å². The van der Waals surface area contributed by atoms with Crippen molar-refractivity contribution in [1.29, 1.82) is 0 Å². The van der Waals surface area contributed by atoms with E-state index in [1.54, 1.807) is 6.20 Å². The van der Waals surface area contributed by atoms with Crippen LogP contribution in [0.2, 0.25) is 0 Å². The lowest BCUT2D eigenvalue weighted by Crippen LogP contribution is -2.54. The van der Waals surface area contributed by atoms with Crippen LogP contribution in [0.15, 0.2) is 30.5 Å². The molecule has 2 heterocycles. The molecule has 6 heteroatoms. The van der Waals surface area contributed by atoms with Crippen LogP contribution in [0.1, 0.15) is 12.5 Å². The molecule has 1 aromatic heterocycles. The van der Waals surface area contributed by atoms with Gasteiger partial charge >= 0.3 is 6.18 Å². The van der Waals surface area contributed by atoms with Gasteiger partial charge in [-0.25, -0.2) is 0 Å². The fraction of sp³-hybridized carbons (Fsp3) is 0.471. The SMILES string of the molecule is Cc1cccc2c(N3CCN(CC(F)(F)F)C(C)C3)ccnc12. The number of nitrogens with zero attached hydrogens (tertiary/aromatic N) is 3. The highest BCUT2D eigenvalue weighted by Crippen LogP contribution is 2.29. The average Bonchev–Trinajstić information content (AvgIpc) is 2.48. The number of pyridine rings is 1. The van der Waals surface area contributed by atoms with E-state index < -0.39 is 12.7 Å². The van der Waals surface area contributed by atoms with Crippen molar-refractivity contribution < 1.29 is 13.2 Å². The molecule has 1 aromatic carbocycles. The predicted molar refractivity (Wildman–Crippen MR) is 85.8 cm³/mol. The van der Waals surface area contributed by atoms with Crippen molar-refractivity contribution in [3.63, 3.8) is 0 Å². The molecule has 1 unspecified atom stereocenters. The maximum atomic E-state index is 12.6. The minimum Gasteiger partial charge on any atom is -0.368 e. The molecule has 124 valence electrons. The quantitative estimate of drug-likeness (QED) is 0.841. The van der Waals surface area contributed by atoms with Crippen molar-refractivity contribution in [2.24, 2.45) is 0 Å². The zero-order valence-corrected chi connectivity index (χ0v) is 13.3. The topological polar surface area (TPSA) is 19.4 Å². The summed E-state index contributed by atoms with van der Waals surface area (Å²) in [7, 11) is 0. The molecule has 3 nitrogen and oxygen atoms in total. The molecule has 0 saturated carbocycles. The summed E-state index contributed by atoms with van der Waals surface area (Å²) in [6, 6.07) is 7.85. The van der Waals surface area contributed by atoms with Crippen LogP contribution >= 0.6 is 0 Å². The second kappa shape index (κ2) is 6.00. The number of hydrogen-bond donors (Lipinski definition) is 0. The zero-order valence-electron chi connectivity index (χ0n) is 13.3. The van der Waals surface area contributed by atoms with Crippen LogP contribution in [0.4, 0.5) is 18.9 Å². The third-order valence-electron chi connectivity index (χ3n) is 4.44. The molecule has 0 spiro atoms. The third-order valence-corrected chi connectivity index (χ3v) is 4.44. The maximum absolute atomic E-state index is 12.6. The van der Waals surface area contributed by atoms with Gasteiger partial charge in [-0.1, -0.05) is 18.2 Å². The van der Waals surface area contributed by atoms with Gasteiger partial charge in [0.2, 0.25) is 0 Å². The minimum absolute atomic E-state index is 0.140. The fourth-order valence-corrected chi connectivity index (χ4v) is 3.26. The van der Waals surface area contributed by atoms with Gasteiger partial charge in [0.15, 0.2) is 0 Å². The van der Waals surface area contributed by atoms with Crippen molar-refractivity contribution >= 4 is 16.6 Å². The molecule has 0 radical (unpaired) electrons. The van der Waals surface area contributed by atoms with Crippen LogP contribution < -0.4 is 4.90 Å². The highest BCUT2D eigenvalue weighted by atomic mass is 19.4. The fourth-order valence-electron chi connectivity index (χ4n) is 3.26. The Bertz CT molecular complexity index is 699. The second-order valence-corrected chi connectivity index (χ2v) is 6.18. The summed E-state index contributed by atoms with van der Waals surface area (Å²) in [6.07, 6.45) is -2.37. The van der Waals surface area contributed by atoms with Crippen LogP contribution in [0.3, 0.4) is 0 Å². The van der Waals surface area contributed by atoms with Gasteiger partial charge < -0.3 is 4.90 Å². The predicted octanol–water partition coefficient (Wildman–Crippen LogP) is 3.62. The summed E-state index contributed by atoms with van der Waals surface area (Å²) in [5.74, 6) is 0. The number of aryl methyl sites for hydroxylation is 1. The van der Waals surface area contributed by atoms with Crippen LogP contribution in [-0.2, 0) is 0 Å². The van der Waals surface area contributed by atoms with Crippen LogP contribution in [0.25, 0.3) is 10.9 Å². The van der Waals surface area contributed by atoms with E-state index in [2.05, 4.69) is 9.88 Å². The molecule has 2 aromatic rings. The van der Waals surface area contributed by atoms with Crippen LogP contribution in [0.5, 0.6) is 0 Å². The Labute approximate surface area is 133 Å². The van der Waals surface area contributed by atoms with Gasteiger partial charge in [-0.2, -0.15) is 13.2 Å². The first-order chi connectivity index (χ1) is 10.8. The number of para-hydroxylation sites is 1. The number of fused-ring (bicyclic) bond motifs is 1. The van der Waals surface area contributed by atoms with E-state index >= 15 is 0 Å². The summed E-state index contributed by atoms with van der Waals surface area (Å²) in [5.41, 5.74) is 3.11. The minimum atomic E-state index is -4.14. The van der Waals surface area contributed by atoms with Gasteiger partial charge in [-0.05, 0) is 25.5 Å². The Kier molecular flexibility index (Phi) is 4.19. The second-order valence-electron chi connectivity index (χ2n) is 6.18. The lowest BCUT2D eigenvalue weighted by Gasteiger charge is -2.41. The summed E-state index contributed by atoms with van der Waals surface area (Å²) >= 11 is 0. The Morgan fingerprint density at radius 3 is 2.70 bits per heavy atom. The Balaban J connectivity index is 1.84.